The average molecular weight is 312 g/mol. The molecule has 1 N–H and O–H groups in total. The quantitative estimate of drug-likeness (QED) is 0.805. The molecule has 0 unspecified atom stereocenters. The third-order valence-electron chi connectivity index (χ3n) is 3.36. The van der Waals surface area contributed by atoms with Crippen LogP contribution in [0.2, 0.25) is 5.02 Å². The van der Waals surface area contributed by atoms with E-state index in [1.807, 2.05) is 18.2 Å². The van der Waals surface area contributed by atoms with Crippen LogP contribution in [0.15, 0.2) is 42.5 Å². The summed E-state index contributed by atoms with van der Waals surface area (Å²) in [7, 11) is 0. The zero-order valence-corrected chi connectivity index (χ0v) is 12.1. The van der Waals surface area contributed by atoms with E-state index in [0.717, 1.165) is 11.1 Å². The maximum atomic E-state index is 11.3. The van der Waals surface area contributed by atoms with Crippen LogP contribution in [0.25, 0.3) is 10.9 Å². The zero-order chi connectivity index (χ0) is 15.7. The van der Waals surface area contributed by atoms with Crippen LogP contribution >= 0.6 is 11.6 Å². The third-order valence-corrected chi connectivity index (χ3v) is 3.71. The summed E-state index contributed by atoms with van der Waals surface area (Å²) in [4.78, 5) is 11.3. The summed E-state index contributed by atoms with van der Waals surface area (Å²) in [6, 6.07) is 14.2. The molecule has 2 aromatic carbocycles. The fraction of sp³-hybridized carbons (Fsp3) is 0.0625. The van der Waals surface area contributed by atoms with E-state index in [2.05, 4.69) is 5.10 Å². The molecule has 108 valence electrons. The summed E-state index contributed by atoms with van der Waals surface area (Å²) >= 11 is 6.17. The SMILES string of the molecule is N#Cc1ccc(Cn2nc(C(=O)O)c3ccccc32)c(Cl)c1. The molecule has 6 heteroatoms. The molecule has 1 heterocycles. The molecule has 0 amide bonds. The van der Waals surface area contributed by atoms with Gasteiger partial charge in [0.15, 0.2) is 5.69 Å². The summed E-state index contributed by atoms with van der Waals surface area (Å²) in [6.45, 7) is 0.332. The van der Waals surface area contributed by atoms with Crippen molar-refractivity contribution in [1.29, 1.82) is 5.26 Å². The topological polar surface area (TPSA) is 78.9 Å². The van der Waals surface area contributed by atoms with Gasteiger partial charge < -0.3 is 5.11 Å². The summed E-state index contributed by atoms with van der Waals surface area (Å²) in [5.74, 6) is -1.07. The van der Waals surface area contributed by atoms with E-state index in [1.165, 1.54) is 0 Å². The summed E-state index contributed by atoms with van der Waals surface area (Å²) < 4.78 is 1.60. The van der Waals surface area contributed by atoms with Gasteiger partial charge in [0.05, 0.1) is 23.7 Å². The highest BCUT2D eigenvalue weighted by Crippen LogP contribution is 2.23. The second-order valence-electron chi connectivity index (χ2n) is 4.75. The van der Waals surface area contributed by atoms with E-state index in [1.54, 1.807) is 35.0 Å². The van der Waals surface area contributed by atoms with Gasteiger partial charge in [0.1, 0.15) is 0 Å². The lowest BCUT2D eigenvalue weighted by molar-refractivity contribution is 0.0691. The molecule has 0 spiro atoms. The molecule has 0 radical (unpaired) electrons. The van der Waals surface area contributed by atoms with E-state index in [0.29, 0.717) is 22.5 Å². The first-order chi connectivity index (χ1) is 10.6. The molecule has 3 rings (SSSR count). The predicted octanol–water partition coefficient (Wildman–Crippen LogP) is 3.31. The smallest absolute Gasteiger partial charge is 0.357 e. The van der Waals surface area contributed by atoms with Crippen LogP contribution in [0, 0.1) is 11.3 Å². The van der Waals surface area contributed by atoms with Gasteiger partial charge in [0.25, 0.3) is 0 Å². The van der Waals surface area contributed by atoms with Gasteiger partial charge in [-0.2, -0.15) is 10.4 Å². The minimum absolute atomic E-state index is 0.0142. The van der Waals surface area contributed by atoms with Crippen LogP contribution in [0.4, 0.5) is 0 Å². The Balaban J connectivity index is 2.08. The van der Waals surface area contributed by atoms with E-state index >= 15 is 0 Å². The lowest BCUT2D eigenvalue weighted by Gasteiger charge is -2.06. The third kappa shape index (κ3) is 2.41. The first-order valence-electron chi connectivity index (χ1n) is 6.47. The van der Waals surface area contributed by atoms with Gasteiger partial charge >= 0.3 is 5.97 Å². The number of halogens is 1. The lowest BCUT2D eigenvalue weighted by atomic mass is 10.1. The lowest BCUT2D eigenvalue weighted by Crippen LogP contribution is -2.05. The first kappa shape index (κ1) is 14.1. The van der Waals surface area contributed by atoms with Gasteiger partial charge in [-0.3, -0.25) is 4.68 Å². The fourth-order valence-electron chi connectivity index (χ4n) is 2.31. The molecule has 0 saturated carbocycles. The minimum Gasteiger partial charge on any atom is -0.476 e. The van der Waals surface area contributed by atoms with E-state index in [-0.39, 0.29) is 5.69 Å². The number of hydrogen-bond acceptors (Lipinski definition) is 3. The second-order valence-corrected chi connectivity index (χ2v) is 5.15. The van der Waals surface area contributed by atoms with Gasteiger partial charge in [0.2, 0.25) is 0 Å². The summed E-state index contributed by atoms with van der Waals surface area (Å²) in [5.41, 5.74) is 1.98. The number of para-hydroxylation sites is 1. The van der Waals surface area contributed by atoms with E-state index in [9.17, 15) is 9.90 Å². The van der Waals surface area contributed by atoms with Crippen molar-refractivity contribution in [2.45, 2.75) is 6.54 Å². The first-order valence-corrected chi connectivity index (χ1v) is 6.85. The molecule has 22 heavy (non-hydrogen) atoms. The Morgan fingerprint density at radius 2 is 2.09 bits per heavy atom. The Kier molecular flexibility index (Phi) is 3.53. The maximum Gasteiger partial charge on any atom is 0.357 e. The van der Waals surface area contributed by atoms with Gasteiger partial charge in [-0.05, 0) is 23.8 Å². The summed E-state index contributed by atoms with van der Waals surface area (Å²) in [6.07, 6.45) is 0. The molecule has 0 atom stereocenters. The molecule has 0 fully saturated rings. The Labute approximate surface area is 131 Å². The number of fused-ring (bicyclic) bond motifs is 1. The molecule has 0 aliphatic rings. The Morgan fingerprint density at radius 1 is 1.32 bits per heavy atom. The molecule has 0 saturated heterocycles. The number of carboxylic acids is 1. The van der Waals surface area contributed by atoms with Crippen molar-refractivity contribution in [3.63, 3.8) is 0 Å². The summed E-state index contributed by atoms with van der Waals surface area (Å²) in [5, 5.41) is 23.3. The molecule has 0 bridgehead atoms. The van der Waals surface area contributed by atoms with Crippen molar-refractivity contribution < 1.29 is 9.90 Å². The minimum atomic E-state index is -1.07. The Bertz CT molecular complexity index is 925. The molecule has 1 aromatic heterocycles. The van der Waals surface area contributed by atoms with Crippen molar-refractivity contribution in [2.75, 3.05) is 0 Å². The largest absolute Gasteiger partial charge is 0.476 e. The van der Waals surface area contributed by atoms with Crippen LogP contribution in [-0.4, -0.2) is 20.9 Å². The number of benzene rings is 2. The number of carbonyl (C=O) groups is 1. The predicted molar refractivity (Wildman–Crippen MR) is 82.0 cm³/mol. The van der Waals surface area contributed by atoms with Gasteiger partial charge in [-0.15, -0.1) is 0 Å². The van der Waals surface area contributed by atoms with Gasteiger partial charge in [-0.25, -0.2) is 4.79 Å². The Morgan fingerprint density at radius 3 is 2.77 bits per heavy atom. The van der Waals surface area contributed by atoms with Crippen LogP contribution in [0.3, 0.4) is 0 Å². The highest BCUT2D eigenvalue weighted by atomic mass is 35.5. The number of aromatic nitrogens is 2. The standard InChI is InChI=1S/C16H10ClN3O2/c17-13-7-10(8-18)5-6-11(13)9-20-14-4-2-1-3-12(14)15(19-20)16(21)22/h1-7H,9H2,(H,21,22). The molecular weight excluding hydrogens is 302 g/mol. The average Bonchev–Trinajstić information content (AvgIpc) is 2.88. The van der Waals surface area contributed by atoms with Crippen molar-refractivity contribution in [1.82, 2.24) is 9.78 Å². The van der Waals surface area contributed by atoms with Crippen molar-refractivity contribution in [3.05, 3.63) is 64.3 Å². The number of hydrogen-bond donors (Lipinski definition) is 1. The number of rotatable bonds is 3. The van der Waals surface area contributed by atoms with Gasteiger partial charge in [-0.1, -0.05) is 35.9 Å². The van der Waals surface area contributed by atoms with Crippen molar-refractivity contribution in [2.24, 2.45) is 0 Å². The number of nitriles is 1. The van der Waals surface area contributed by atoms with E-state index in [4.69, 9.17) is 16.9 Å². The van der Waals surface area contributed by atoms with Crippen LogP contribution in [-0.2, 0) is 6.54 Å². The highest BCUT2D eigenvalue weighted by molar-refractivity contribution is 6.31. The maximum absolute atomic E-state index is 11.3. The second kappa shape index (κ2) is 5.51. The molecular formula is C16H10ClN3O2. The molecule has 0 aliphatic heterocycles. The van der Waals surface area contributed by atoms with Crippen LogP contribution in [0.5, 0.6) is 0 Å². The Hall–Kier alpha value is -2.84. The number of aromatic carboxylic acids is 1. The molecule has 3 aromatic rings. The number of carboxylic acid groups (broad SMARTS) is 1. The normalized spacial score (nSPS) is 10.5. The number of nitrogens with zero attached hydrogens (tertiary/aromatic N) is 3. The highest BCUT2D eigenvalue weighted by Gasteiger charge is 2.16. The van der Waals surface area contributed by atoms with E-state index < -0.39 is 5.97 Å². The fourth-order valence-corrected chi connectivity index (χ4v) is 2.55. The van der Waals surface area contributed by atoms with Gasteiger partial charge in [0, 0.05) is 10.4 Å². The molecule has 0 aliphatic carbocycles. The van der Waals surface area contributed by atoms with Crippen LogP contribution < -0.4 is 0 Å². The monoisotopic (exact) mass is 311 g/mol. The van der Waals surface area contributed by atoms with Crippen molar-refractivity contribution >= 4 is 28.5 Å². The van der Waals surface area contributed by atoms with Crippen molar-refractivity contribution in [3.8, 4) is 6.07 Å². The van der Waals surface area contributed by atoms with Crippen LogP contribution in [0.1, 0.15) is 21.6 Å². The molecule has 5 nitrogen and oxygen atoms in total. The zero-order valence-electron chi connectivity index (χ0n) is 11.3.